The van der Waals surface area contributed by atoms with Gasteiger partial charge in [-0.1, -0.05) is 36.0 Å². The fraction of sp³-hybridized carbons (Fsp3) is 0.400. The molecule has 1 saturated carbocycles. The van der Waals surface area contributed by atoms with Crippen molar-refractivity contribution in [2.45, 2.75) is 42.1 Å². The summed E-state index contributed by atoms with van der Waals surface area (Å²) in [5.74, 6) is 2.75. The number of para-hydroxylation sites is 2. The van der Waals surface area contributed by atoms with Crippen LogP contribution in [-0.4, -0.2) is 53.4 Å². The Morgan fingerprint density at radius 2 is 1.64 bits per heavy atom. The molecule has 33 heavy (non-hydrogen) atoms. The number of hydrogen-bond donors (Lipinski definition) is 2. The van der Waals surface area contributed by atoms with Crippen LogP contribution in [0.25, 0.3) is 21.1 Å². The van der Waals surface area contributed by atoms with Crippen molar-refractivity contribution in [2.24, 2.45) is 0 Å². The first-order chi connectivity index (χ1) is 16.2. The maximum Gasteiger partial charge on any atom is 0.225 e. The third-order valence-corrected chi connectivity index (χ3v) is 8.28. The van der Waals surface area contributed by atoms with E-state index in [1.165, 1.54) is 21.9 Å². The fourth-order valence-electron chi connectivity index (χ4n) is 4.40. The SMILES string of the molecule is CN(C)c1nc(N[C@H]2CC[C@@H](NCCSc3nc4ccccc4s3)CC2)nc2ccccc12. The van der Waals surface area contributed by atoms with Gasteiger partial charge < -0.3 is 15.5 Å². The molecule has 1 fully saturated rings. The van der Waals surface area contributed by atoms with Crippen LogP contribution in [0.3, 0.4) is 0 Å². The van der Waals surface area contributed by atoms with Crippen LogP contribution in [0.1, 0.15) is 25.7 Å². The number of rotatable bonds is 8. The molecule has 0 unspecified atom stereocenters. The van der Waals surface area contributed by atoms with Crippen molar-refractivity contribution in [2.75, 3.05) is 36.6 Å². The number of nitrogens with one attached hydrogen (secondary N) is 2. The average Bonchev–Trinajstić information content (AvgIpc) is 3.25. The Kier molecular flexibility index (Phi) is 6.94. The number of benzene rings is 2. The van der Waals surface area contributed by atoms with Crippen LogP contribution in [0.5, 0.6) is 0 Å². The molecule has 5 rings (SSSR count). The summed E-state index contributed by atoms with van der Waals surface area (Å²) in [6, 6.07) is 17.6. The van der Waals surface area contributed by atoms with Crippen LogP contribution in [0, 0.1) is 0 Å². The highest BCUT2D eigenvalue weighted by Gasteiger charge is 2.22. The van der Waals surface area contributed by atoms with E-state index in [-0.39, 0.29) is 0 Å². The molecule has 2 heterocycles. The van der Waals surface area contributed by atoms with Crippen LogP contribution >= 0.6 is 23.1 Å². The lowest BCUT2D eigenvalue weighted by Crippen LogP contribution is -2.38. The molecule has 0 atom stereocenters. The Bertz CT molecular complexity index is 1180. The number of thiazole rings is 1. The molecule has 6 nitrogen and oxygen atoms in total. The zero-order valence-corrected chi connectivity index (χ0v) is 20.8. The zero-order chi connectivity index (χ0) is 22.6. The third-order valence-electron chi connectivity index (χ3n) is 6.10. The van der Waals surface area contributed by atoms with Crippen molar-refractivity contribution in [1.82, 2.24) is 20.3 Å². The molecule has 8 heteroatoms. The molecular weight excluding hydrogens is 448 g/mol. The molecule has 2 aromatic heterocycles. The van der Waals surface area contributed by atoms with Crippen LogP contribution in [0.4, 0.5) is 11.8 Å². The van der Waals surface area contributed by atoms with Gasteiger partial charge in [0.1, 0.15) is 5.82 Å². The van der Waals surface area contributed by atoms with Gasteiger partial charge in [-0.25, -0.2) is 9.97 Å². The van der Waals surface area contributed by atoms with E-state index in [4.69, 9.17) is 15.0 Å². The first-order valence-electron chi connectivity index (χ1n) is 11.6. The predicted octanol–water partition coefficient (Wildman–Crippen LogP) is 5.41. The molecule has 4 aromatic rings. The molecule has 2 N–H and O–H groups in total. The second-order valence-corrected chi connectivity index (χ2v) is 11.1. The summed E-state index contributed by atoms with van der Waals surface area (Å²) >= 11 is 3.64. The summed E-state index contributed by atoms with van der Waals surface area (Å²) in [5, 5.41) is 8.44. The molecule has 172 valence electrons. The lowest BCUT2D eigenvalue weighted by molar-refractivity contribution is 0.359. The van der Waals surface area contributed by atoms with Crippen molar-refractivity contribution in [3.63, 3.8) is 0 Å². The first-order valence-corrected chi connectivity index (χ1v) is 13.4. The van der Waals surface area contributed by atoms with Gasteiger partial charge >= 0.3 is 0 Å². The van der Waals surface area contributed by atoms with Crippen molar-refractivity contribution in [3.05, 3.63) is 48.5 Å². The van der Waals surface area contributed by atoms with Gasteiger partial charge in [0, 0.05) is 43.9 Å². The van der Waals surface area contributed by atoms with Gasteiger partial charge in [-0.15, -0.1) is 11.3 Å². The number of nitrogens with zero attached hydrogens (tertiary/aromatic N) is 4. The Balaban J connectivity index is 1.09. The molecule has 0 saturated heterocycles. The van der Waals surface area contributed by atoms with Gasteiger partial charge in [0.05, 0.1) is 15.7 Å². The van der Waals surface area contributed by atoms with Crippen molar-refractivity contribution >= 4 is 56.0 Å². The predicted molar refractivity (Wildman–Crippen MR) is 142 cm³/mol. The van der Waals surface area contributed by atoms with Crippen LogP contribution in [0.15, 0.2) is 52.9 Å². The summed E-state index contributed by atoms with van der Waals surface area (Å²) in [6.45, 7) is 1.02. The topological polar surface area (TPSA) is 66.0 Å². The number of aromatic nitrogens is 3. The van der Waals surface area contributed by atoms with Crippen LogP contribution in [-0.2, 0) is 0 Å². The fourth-order valence-corrected chi connectivity index (χ4v) is 6.41. The van der Waals surface area contributed by atoms with Crippen LogP contribution in [0.2, 0.25) is 0 Å². The largest absolute Gasteiger partial charge is 0.362 e. The van der Waals surface area contributed by atoms with E-state index in [1.807, 2.05) is 38.0 Å². The zero-order valence-electron chi connectivity index (χ0n) is 19.1. The van der Waals surface area contributed by atoms with Gasteiger partial charge in [-0.3, -0.25) is 0 Å². The quantitative estimate of drug-likeness (QED) is 0.259. The summed E-state index contributed by atoms with van der Waals surface area (Å²) in [6.07, 6.45) is 4.63. The lowest BCUT2D eigenvalue weighted by atomic mass is 9.91. The van der Waals surface area contributed by atoms with E-state index in [2.05, 4.69) is 51.9 Å². The molecule has 0 spiro atoms. The number of anilines is 2. The summed E-state index contributed by atoms with van der Waals surface area (Å²) in [4.78, 5) is 16.3. The molecular formula is C25H30N6S2. The van der Waals surface area contributed by atoms with Gasteiger partial charge in [0.2, 0.25) is 5.95 Å². The Hall–Kier alpha value is -2.42. The van der Waals surface area contributed by atoms with E-state index in [0.29, 0.717) is 12.1 Å². The highest BCUT2D eigenvalue weighted by atomic mass is 32.2. The molecule has 0 aliphatic heterocycles. The van der Waals surface area contributed by atoms with E-state index in [0.717, 1.165) is 53.3 Å². The van der Waals surface area contributed by atoms with Gasteiger partial charge in [0.25, 0.3) is 0 Å². The Morgan fingerprint density at radius 3 is 2.42 bits per heavy atom. The molecule has 2 aromatic carbocycles. The van der Waals surface area contributed by atoms with E-state index < -0.39 is 0 Å². The minimum Gasteiger partial charge on any atom is -0.362 e. The lowest BCUT2D eigenvalue weighted by Gasteiger charge is -2.30. The molecule has 0 amide bonds. The normalized spacial score (nSPS) is 18.6. The van der Waals surface area contributed by atoms with Gasteiger partial charge in [-0.2, -0.15) is 4.98 Å². The molecule has 1 aliphatic rings. The van der Waals surface area contributed by atoms with E-state index in [1.54, 1.807) is 11.3 Å². The standard InChI is InChI=1S/C25H30N6S2/c1-31(2)23-19-7-3-4-8-20(19)28-24(30-23)27-18-13-11-17(12-14-18)26-15-16-32-25-29-21-9-5-6-10-22(21)33-25/h3-10,17-18,26H,11-16H2,1-2H3,(H,27,28,30)/t17-,18+. The number of hydrogen-bond acceptors (Lipinski definition) is 8. The van der Waals surface area contributed by atoms with Gasteiger partial charge in [-0.05, 0) is 49.9 Å². The Morgan fingerprint density at radius 1 is 0.909 bits per heavy atom. The minimum atomic E-state index is 0.427. The van der Waals surface area contributed by atoms with Gasteiger partial charge in [0.15, 0.2) is 4.34 Å². The average molecular weight is 479 g/mol. The monoisotopic (exact) mass is 478 g/mol. The highest BCUT2D eigenvalue weighted by molar-refractivity contribution is 8.01. The maximum absolute atomic E-state index is 4.80. The maximum atomic E-state index is 4.80. The summed E-state index contributed by atoms with van der Waals surface area (Å²) in [7, 11) is 4.06. The first kappa shape index (κ1) is 22.4. The molecule has 0 bridgehead atoms. The molecule has 1 aliphatic carbocycles. The second-order valence-electron chi connectivity index (χ2n) is 8.73. The molecule has 0 radical (unpaired) electrons. The number of thioether (sulfide) groups is 1. The smallest absolute Gasteiger partial charge is 0.225 e. The minimum absolute atomic E-state index is 0.427. The van der Waals surface area contributed by atoms with Crippen LogP contribution < -0.4 is 15.5 Å². The van der Waals surface area contributed by atoms with Crippen molar-refractivity contribution in [3.8, 4) is 0 Å². The number of fused-ring (bicyclic) bond motifs is 2. The summed E-state index contributed by atoms with van der Waals surface area (Å²) in [5.41, 5.74) is 2.09. The van der Waals surface area contributed by atoms with E-state index in [9.17, 15) is 0 Å². The van der Waals surface area contributed by atoms with E-state index >= 15 is 0 Å². The Labute approximate surface area is 203 Å². The van der Waals surface area contributed by atoms with Crippen molar-refractivity contribution < 1.29 is 0 Å². The summed E-state index contributed by atoms with van der Waals surface area (Å²) < 4.78 is 2.44. The third kappa shape index (κ3) is 5.39. The van der Waals surface area contributed by atoms with Crippen molar-refractivity contribution in [1.29, 1.82) is 0 Å². The highest BCUT2D eigenvalue weighted by Crippen LogP contribution is 2.29. The second kappa shape index (κ2) is 10.2.